The second-order valence-electron chi connectivity index (χ2n) is 7.75. The molecule has 33 heavy (non-hydrogen) atoms. The van der Waals surface area contributed by atoms with E-state index in [0.717, 1.165) is 17.0 Å². The standard InChI is InChI=1S/C24H22N4O4S/c1-24(14-25)8-9-32-20-7-6-16(11-18(20)24)22(30)26-12-21(29)28-23-27-19(13-33-23)15-4-3-5-17(10-15)31-2/h3-7,10-11,13H,8-9,12H2,1-2H3,(H,26,30)(H,27,28,29)/t24-/m0/s1. The average Bonchev–Trinajstić information content (AvgIpc) is 3.31. The molecule has 8 nitrogen and oxygen atoms in total. The van der Waals surface area contributed by atoms with Gasteiger partial charge in [0.05, 0.1) is 37.4 Å². The molecule has 0 aliphatic carbocycles. The third-order valence-electron chi connectivity index (χ3n) is 5.47. The molecule has 1 aliphatic heterocycles. The molecule has 1 atom stereocenters. The van der Waals surface area contributed by atoms with Gasteiger partial charge in [0.2, 0.25) is 5.91 Å². The highest BCUT2D eigenvalue weighted by atomic mass is 32.1. The molecule has 4 rings (SSSR count). The van der Waals surface area contributed by atoms with E-state index in [-0.39, 0.29) is 6.54 Å². The minimum atomic E-state index is -0.716. The van der Waals surface area contributed by atoms with Crippen molar-refractivity contribution < 1.29 is 19.1 Å². The summed E-state index contributed by atoms with van der Waals surface area (Å²) < 4.78 is 10.8. The van der Waals surface area contributed by atoms with Crippen LogP contribution in [0, 0.1) is 11.3 Å². The second-order valence-corrected chi connectivity index (χ2v) is 8.61. The summed E-state index contributed by atoms with van der Waals surface area (Å²) in [6, 6.07) is 14.8. The number of anilines is 1. The maximum absolute atomic E-state index is 12.6. The SMILES string of the molecule is COc1cccc(-c2csc(NC(=O)CNC(=O)c3ccc4c(c3)[C@](C)(C#N)CCO4)n2)c1. The maximum atomic E-state index is 12.6. The van der Waals surface area contributed by atoms with Crippen LogP contribution in [-0.2, 0) is 10.2 Å². The zero-order valence-corrected chi connectivity index (χ0v) is 19.0. The van der Waals surface area contributed by atoms with Crippen LogP contribution in [0.15, 0.2) is 47.8 Å². The number of ether oxygens (including phenoxy) is 2. The molecule has 9 heteroatoms. The lowest BCUT2D eigenvalue weighted by molar-refractivity contribution is -0.115. The maximum Gasteiger partial charge on any atom is 0.251 e. The number of nitriles is 1. The van der Waals surface area contributed by atoms with Gasteiger partial charge in [-0.2, -0.15) is 5.26 Å². The quantitative estimate of drug-likeness (QED) is 0.577. The Morgan fingerprint density at radius 1 is 1.30 bits per heavy atom. The number of methoxy groups -OCH3 is 1. The number of nitrogens with zero attached hydrogens (tertiary/aromatic N) is 2. The molecular formula is C24H22N4O4S. The van der Waals surface area contributed by atoms with Crippen molar-refractivity contribution >= 4 is 28.3 Å². The number of fused-ring (bicyclic) bond motifs is 1. The van der Waals surface area contributed by atoms with Gasteiger partial charge in [0.1, 0.15) is 11.5 Å². The van der Waals surface area contributed by atoms with Gasteiger partial charge in [-0.25, -0.2) is 4.98 Å². The number of aromatic nitrogens is 1. The average molecular weight is 463 g/mol. The molecule has 0 fully saturated rings. The Kier molecular flexibility index (Phi) is 6.29. The molecule has 0 bridgehead atoms. The van der Waals surface area contributed by atoms with Crippen LogP contribution in [0.25, 0.3) is 11.3 Å². The van der Waals surface area contributed by atoms with E-state index in [1.165, 1.54) is 11.3 Å². The number of thiazole rings is 1. The molecule has 0 radical (unpaired) electrons. The van der Waals surface area contributed by atoms with Crippen LogP contribution in [0.2, 0.25) is 0 Å². The van der Waals surface area contributed by atoms with Gasteiger partial charge >= 0.3 is 0 Å². The summed E-state index contributed by atoms with van der Waals surface area (Å²) in [5.74, 6) is 0.529. The molecule has 168 valence electrons. The normalized spacial score (nSPS) is 16.6. The van der Waals surface area contributed by atoms with Crippen molar-refractivity contribution in [1.29, 1.82) is 5.26 Å². The topological polar surface area (TPSA) is 113 Å². The molecule has 1 aromatic heterocycles. The number of hydrogen-bond acceptors (Lipinski definition) is 7. The van der Waals surface area contributed by atoms with Crippen molar-refractivity contribution in [2.75, 3.05) is 25.6 Å². The largest absolute Gasteiger partial charge is 0.497 e. The summed E-state index contributed by atoms with van der Waals surface area (Å²) in [6.07, 6.45) is 0.551. The van der Waals surface area contributed by atoms with Crippen LogP contribution in [0.5, 0.6) is 11.5 Å². The van der Waals surface area contributed by atoms with Crippen LogP contribution in [0.1, 0.15) is 29.3 Å². The number of hydrogen-bond donors (Lipinski definition) is 2. The van der Waals surface area contributed by atoms with Crippen LogP contribution in [-0.4, -0.2) is 37.1 Å². The second kappa shape index (κ2) is 9.30. The molecule has 2 aromatic carbocycles. The lowest BCUT2D eigenvalue weighted by atomic mass is 9.78. The summed E-state index contributed by atoms with van der Waals surface area (Å²) >= 11 is 1.29. The third kappa shape index (κ3) is 4.81. The molecular weight excluding hydrogens is 440 g/mol. The fourth-order valence-electron chi connectivity index (χ4n) is 3.52. The van der Waals surface area contributed by atoms with Crippen LogP contribution in [0.4, 0.5) is 5.13 Å². The molecule has 0 unspecified atom stereocenters. The Labute approximate surface area is 195 Å². The molecule has 2 amide bonds. The van der Waals surface area contributed by atoms with E-state index >= 15 is 0 Å². The number of carbonyl (C=O) groups excluding carboxylic acids is 2. The summed E-state index contributed by atoms with van der Waals surface area (Å²) in [7, 11) is 1.60. The van der Waals surface area contributed by atoms with Crippen LogP contribution in [0.3, 0.4) is 0 Å². The van der Waals surface area contributed by atoms with E-state index < -0.39 is 17.2 Å². The number of rotatable bonds is 6. The molecule has 0 saturated carbocycles. The first kappa shape index (κ1) is 22.3. The Morgan fingerprint density at radius 3 is 2.94 bits per heavy atom. The van der Waals surface area contributed by atoms with Gasteiger partial charge in [-0.15, -0.1) is 11.3 Å². The lowest BCUT2D eigenvalue weighted by Crippen LogP contribution is -2.33. The number of amides is 2. The van der Waals surface area contributed by atoms with Crippen LogP contribution < -0.4 is 20.1 Å². The van der Waals surface area contributed by atoms with Crippen molar-refractivity contribution in [2.45, 2.75) is 18.8 Å². The first-order chi connectivity index (χ1) is 15.9. The fourth-order valence-corrected chi connectivity index (χ4v) is 4.25. The minimum Gasteiger partial charge on any atom is -0.497 e. The Morgan fingerprint density at radius 2 is 2.15 bits per heavy atom. The van der Waals surface area contributed by atoms with Crippen LogP contribution >= 0.6 is 11.3 Å². The Balaban J connectivity index is 1.37. The fraction of sp³-hybridized carbons (Fsp3) is 0.250. The van der Waals surface area contributed by atoms with E-state index in [2.05, 4.69) is 21.7 Å². The summed E-state index contributed by atoms with van der Waals surface area (Å²) in [5, 5.41) is 17.2. The number of benzene rings is 2. The van der Waals surface area contributed by atoms with Gasteiger partial charge < -0.3 is 20.1 Å². The van der Waals surface area contributed by atoms with Gasteiger partial charge in [-0.3, -0.25) is 9.59 Å². The molecule has 0 saturated heterocycles. The number of nitrogens with one attached hydrogen (secondary N) is 2. The highest BCUT2D eigenvalue weighted by Crippen LogP contribution is 2.38. The van der Waals surface area contributed by atoms with Crippen molar-refractivity contribution in [3.8, 4) is 28.8 Å². The predicted octanol–water partition coefficient (Wildman–Crippen LogP) is 3.75. The highest BCUT2D eigenvalue weighted by molar-refractivity contribution is 7.14. The molecule has 0 spiro atoms. The van der Waals surface area contributed by atoms with Gasteiger partial charge in [0.25, 0.3) is 5.91 Å². The van der Waals surface area contributed by atoms with E-state index in [1.54, 1.807) is 25.3 Å². The molecule has 2 heterocycles. The monoisotopic (exact) mass is 462 g/mol. The van der Waals surface area contributed by atoms with Crippen molar-refractivity contribution in [3.63, 3.8) is 0 Å². The van der Waals surface area contributed by atoms with E-state index in [0.29, 0.717) is 35.0 Å². The van der Waals surface area contributed by atoms with E-state index in [1.807, 2.05) is 36.6 Å². The first-order valence-electron chi connectivity index (χ1n) is 10.3. The predicted molar refractivity (Wildman–Crippen MR) is 125 cm³/mol. The van der Waals surface area contributed by atoms with Crippen molar-refractivity contribution in [3.05, 3.63) is 59.0 Å². The smallest absolute Gasteiger partial charge is 0.251 e. The Bertz CT molecular complexity index is 1250. The lowest BCUT2D eigenvalue weighted by Gasteiger charge is -2.30. The molecule has 2 N–H and O–H groups in total. The summed E-state index contributed by atoms with van der Waals surface area (Å²) in [5.41, 5.74) is 1.92. The van der Waals surface area contributed by atoms with E-state index in [9.17, 15) is 14.9 Å². The van der Waals surface area contributed by atoms with Gasteiger partial charge in [0, 0.05) is 28.5 Å². The minimum absolute atomic E-state index is 0.212. The zero-order valence-electron chi connectivity index (χ0n) is 18.2. The van der Waals surface area contributed by atoms with Crippen molar-refractivity contribution in [2.24, 2.45) is 0 Å². The highest BCUT2D eigenvalue weighted by Gasteiger charge is 2.34. The summed E-state index contributed by atoms with van der Waals surface area (Å²) in [6.45, 7) is 2.08. The van der Waals surface area contributed by atoms with Gasteiger partial charge in [-0.05, 0) is 37.3 Å². The first-order valence-corrected chi connectivity index (χ1v) is 11.2. The zero-order chi connectivity index (χ0) is 23.4. The third-order valence-corrected chi connectivity index (χ3v) is 6.23. The molecule has 3 aromatic rings. The molecule has 1 aliphatic rings. The van der Waals surface area contributed by atoms with Gasteiger partial charge in [-0.1, -0.05) is 12.1 Å². The van der Waals surface area contributed by atoms with Crippen molar-refractivity contribution in [1.82, 2.24) is 10.3 Å². The van der Waals surface area contributed by atoms with E-state index in [4.69, 9.17) is 9.47 Å². The number of carbonyl (C=O) groups is 2. The Hall–Kier alpha value is -3.90. The summed E-state index contributed by atoms with van der Waals surface area (Å²) in [4.78, 5) is 29.4. The van der Waals surface area contributed by atoms with Gasteiger partial charge in [0.15, 0.2) is 5.13 Å².